The molecule has 1 spiro atoms. The summed E-state index contributed by atoms with van der Waals surface area (Å²) in [7, 11) is -1.25. The second-order valence-electron chi connectivity index (χ2n) is 12.1. The third kappa shape index (κ3) is 5.35. The Kier molecular flexibility index (Phi) is 7.46. The second-order valence-corrected chi connectivity index (χ2v) is 14.0. The van der Waals surface area contributed by atoms with Crippen molar-refractivity contribution >= 4 is 21.5 Å². The number of nitrogens with two attached hydrogens (primary N) is 1. The minimum Gasteiger partial charge on any atom is -0.490 e. The van der Waals surface area contributed by atoms with E-state index in [1.165, 1.54) is 24.0 Å². The Morgan fingerprint density at radius 2 is 1.97 bits per heavy atom. The monoisotopic (exact) mass is 551 g/mol. The van der Waals surface area contributed by atoms with E-state index in [1.54, 1.807) is 6.07 Å². The Labute approximate surface area is 232 Å². The summed E-state index contributed by atoms with van der Waals surface area (Å²) in [6.07, 6.45) is 9.46. The molecule has 39 heavy (non-hydrogen) atoms. The van der Waals surface area contributed by atoms with Crippen LogP contribution in [0.3, 0.4) is 0 Å². The molecule has 2 heterocycles. The van der Waals surface area contributed by atoms with Gasteiger partial charge in [-0.2, -0.15) is 0 Å². The van der Waals surface area contributed by atoms with Gasteiger partial charge in [0.2, 0.25) is 0 Å². The quantitative estimate of drug-likeness (QED) is 0.522. The first-order chi connectivity index (χ1) is 18.9. The summed E-state index contributed by atoms with van der Waals surface area (Å²) < 4.78 is 29.6. The minimum atomic E-state index is -3.08. The predicted molar refractivity (Wildman–Crippen MR) is 155 cm³/mol. The molecule has 1 amide bonds. The normalized spacial score (nSPS) is 33.1. The van der Waals surface area contributed by atoms with Gasteiger partial charge in [-0.25, -0.2) is 9.35 Å². The number of methoxy groups -OCH3 is 1. The van der Waals surface area contributed by atoms with Gasteiger partial charge in [-0.3, -0.25) is 4.79 Å². The summed E-state index contributed by atoms with van der Waals surface area (Å²) in [5, 5.41) is 6.02. The summed E-state index contributed by atoms with van der Waals surface area (Å²) in [4.78, 5) is 15.6. The summed E-state index contributed by atoms with van der Waals surface area (Å²) >= 11 is 0. The lowest BCUT2D eigenvalue weighted by Gasteiger charge is -2.46. The number of nitrogens with zero attached hydrogens (tertiary/aromatic N) is 2. The van der Waals surface area contributed by atoms with Crippen LogP contribution in [0.2, 0.25) is 0 Å². The number of carbonyl (C=O) groups is 1. The van der Waals surface area contributed by atoms with E-state index in [2.05, 4.69) is 33.5 Å². The number of anilines is 1. The van der Waals surface area contributed by atoms with Crippen LogP contribution in [0.4, 0.5) is 5.69 Å². The van der Waals surface area contributed by atoms with E-state index in [1.807, 2.05) is 19.2 Å². The van der Waals surface area contributed by atoms with E-state index in [4.69, 9.17) is 14.6 Å². The molecular weight excluding hydrogens is 510 g/mol. The van der Waals surface area contributed by atoms with Crippen LogP contribution in [0.5, 0.6) is 5.75 Å². The van der Waals surface area contributed by atoms with E-state index < -0.39 is 15.8 Å². The zero-order chi connectivity index (χ0) is 27.0. The van der Waals surface area contributed by atoms with Crippen molar-refractivity contribution in [1.82, 2.24) is 0 Å². The van der Waals surface area contributed by atoms with Crippen LogP contribution in [0.1, 0.15) is 72.9 Å². The molecule has 210 valence electrons. The van der Waals surface area contributed by atoms with Crippen molar-refractivity contribution in [2.45, 2.75) is 69.3 Å². The molecule has 1 fully saturated rings. The maximum atomic E-state index is 13.2. The number of hydrogen-bond donors (Lipinski definition) is 1. The van der Waals surface area contributed by atoms with Crippen LogP contribution in [-0.2, 0) is 26.5 Å². The molecule has 2 aliphatic heterocycles. The maximum Gasteiger partial charge on any atom is 0.286 e. The molecule has 6 rings (SSSR count). The molecule has 0 saturated heterocycles. The minimum absolute atomic E-state index is 0.116. The zero-order valence-corrected chi connectivity index (χ0v) is 23.8. The van der Waals surface area contributed by atoms with Crippen LogP contribution < -0.4 is 14.8 Å². The highest BCUT2D eigenvalue weighted by atomic mass is 32.2. The molecular formula is C31H41N3O4S. The standard InChI is InChI=1S/C31H41N3O4S/c1-37-28-11-3-2-6-17-39(32,36)33-30(35)23-13-15-29-27(18-23)34(19-24-12-14-25(24)28)20-31(21-38-29)16-7-9-22-8-4-5-10-26(22)31/h4-5,8,10,13,15,18,24-25,28H,2-3,6-7,9,11-12,14,16-17,19-21H2,1H3,(H2,32,33,35,36)/t24-,25+,28-,31-,39?/m0/s1. The van der Waals surface area contributed by atoms with E-state index in [0.29, 0.717) is 30.4 Å². The maximum absolute atomic E-state index is 13.2. The van der Waals surface area contributed by atoms with Gasteiger partial charge < -0.3 is 14.4 Å². The number of fused-ring (bicyclic) bond motifs is 4. The van der Waals surface area contributed by atoms with E-state index >= 15 is 0 Å². The molecule has 4 aliphatic rings. The Bertz CT molecular complexity index is 1350. The topological polar surface area (TPSA) is 94.2 Å². The molecule has 2 aromatic rings. The molecule has 2 aromatic carbocycles. The Hall–Kier alpha value is -2.42. The smallest absolute Gasteiger partial charge is 0.286 e. The SMILES string of the molecule is CO[C@H]1CCCCCS(N)(=O)=NC(=O)c2ccc3c(c2)N(C[C@@H]2CC[C@H]21)C[C@@]1(CCCc2ccccc21)CO3. The van der Waals surface area contributed by atoms with Gasteiger partial charge in [-0.1, -0.05) is 37.1 Å². The molecule has 8 heteroatoms. The average molecular weight is 552 g/mol. The van der Waals surface area contributed by atoms with Crippen molar-refractivity contribution in [3.63, 3.8) is 0 Å². The third-order valence-corrected chi connectivity index (χ3v) is 11.0. The first-order valence-corrected chi connectivity index (χ1v) is 16.3. The lowest BCUT2D eigenvalue weighted by molar-refractivity contribution is -0.0220. The van der Waals surface area contributed by atoms with Gasteiger partial charge in [0.05, 0.1) is 18.4 Å². The number of rotatable bonds is 1. The Balaban J connectivity index is 1.42. The fraction of sp³-hybridized carbons (Fsp3) is 0.581. The van der Waals surface area contributed by atoms with E-state index in [-0.39, 0.29) is 17.3 Å². The molecule has 2 bridgehead atoms. The number of aryl methyl sites for hydroxylation is 1. The van der Waals surface area contributed by atoms with Crippen LogP contribution in [0.15, 0.2) is 46.8 Å². The fourth-order valence-corrected chi connectivity index (χ4v) is 8.48. The largest absolute Gasteiger partial charge is 0.490 e. The number of carbonyl (C=O) groups excluding carboxylic acids is 1. The van der Waals surface area contributed by atoms with Crippen LogP contribution in [0.25, 0.3) is 0 Å². The van der Waals surface area contributed by atoms with Gasteiger partial charge in [-0.05, 0) is 86.1 Å². The number of hydrogen-bond acceptors (Lipinski definition) is 5. The first kappa shape index (κ1) is 26.8. The highest BCUT2D eigenvalue weighted by Crippen LogP contribution is 2.46. The van der Waals surface area contributed by atoms with Gasteiger partial charge in [0.1, 0.15) is 15.7 Å². The van der Waals surface area contributed by atoms with Crippen molar-refractivity contribution in [3.8, 4) is 5.75 Å². The zero-order valence-electron chi connectivity index (χ0n) is 23.0. The van der Waals surface area contributed by atoms with Crippen LogP contribution >= 0.6 is 0 Å². The van der Waals surface area contributed by atoms with Crippen molar-refractivity contribution in [1.29, 1.82) is 0 Å². The molecule has 1 saturated carbocycles. The Morgan fingerprint density at radius 1 is 1.10 bits per heavy atom. The molecule has 2 aliphatic carbocycles. The van der Waals surface area contributed by atoms with E-state index in [0.717, 1.165) is 63.1 Å². The highest BCUT2D eigenvalue weighted by molar-refractivity contribution is 7.91. The predicted octanol–water partition coefficient (Wildman–Crippen LogP) is 5.26. The first-order valence-electron chi connectivity index (χ1n) is 14.6. The van der Waals surface area contributed by atoms with Crippen molar-refractivity contribution in [3.05, 3.63) is 59.2 Å². The van der Waals surface area contributed by atoms with Gasteiger partial charge >= 0.3 is 0 Å². The van der Waals surface area contributed by atoms with E-state index in [9.17, 15) is 9.00 Å². The molecule has 0 radical (unpaired) electrons. The summed E-state index contributed by atoms with van der Waals surface area (Å²) in [6, 6.07) is 14.3. The summed E-state index contributed by atoms with van der Waals surface area (Å²) in [5.41, 5.74) is 4.03. The number of benzene rings is 2. The van der Waals surface area contributed by atoms with Crippen molar-refractivity contribution in [2.75, 3.05) is 37.5 Å². The van der Waals surface area contributed by atoms with Crippen molar-refractivity contribution in [2.24, 2.45) is 21.3 Å². The van der Waals surface area contributed by atoms with Gasteiger partial charge in [0.15, 0.2) is 0 Å². The number of amides is 1. The molecule has 7 nitrogen and oxygen atoms in total. The molecule has 0 aromatic heterocycles. The highest BCUT2D eigenvalue weighted by Gasteiger charge is 2.44. The summed E-state index contributed by atoms with van der Waals surface area (Å²) in [5.74, 6) is 1.55. The average Bonchev–Trinajstić information content (AvgIpc) is 3.06. The van der Waals surface area contributed by atoms with Crippen LogP contribution in [-0.4, -0.2) is 48.8 Å². The Morgan fingerprint density at radius 3 is 2.79 bits per heavy atom. The summed E-state index contributed by atoms with van der Waals surface area (Å²) in [6.45, 7) is 2.34. The number of ether oxygens (including phenoxy) is 2. The lowest BCUT2D eigenvalue weighted by atomic mass is 9.68. The molecule has 5 atom stereocenters. The second kappa shape index (κ2) is 10.9. The molecule has 1 unspecified atom stereocenters. The lowest BCUT2D eigenvalue weighted by Crippen LogP contribution is -2.49. The van der Waals surface area contributed by atoms with Crippen LogP contribution in [0, 0.1) is 11.8 Å². The van der Waals surface area contributed by atoms with Gasteiger partial charge in [0.25, 0.3) is 5.91 Å². The fourth-order valence-electron chi connectivity index (χ4n) is 7.39. The molecule has 2 N–H and O–H groups in total. The van der Waals surface area contributed by atoms with Gasteiger partial charge in [-0.15, -0.1) is 4.36 Å². The van der Waals surface area contributed by atoms with Gasteiger partial charge in [0, 0.05) is 36.9 Å². The van der Waals surface area contributed by atoms with Crippen molar-refractivity contribution < 1.29 is 18.5 Å². The third-order valence-electron chi connectivity index (χ3n) is 9.61.